The highest BCUT2D eigenvalue weighted by Crippen LogP contribution is 2.26. The first kappa shape index (κ1) is 7.35. The van der Waals surface area contributed by atoms with Crippen molar-refractivity contribution >= 4 is 0 Å². The van der Waals surface area contributed by atoms with Gasteiger partial charge in [-0.15, -0.1) is 0 Å². The van der Waals surface area contributed by atoms with Crippen LogP contribution in [0.2, 0.25) is 0 Å². The minimum absolute atomic E-state index is 0.832. The molecule has 0 saturated carbocycles. The van der Waals surface area contributed by atoms with Crippen LogP contribution in [0.4, 0.5) is 0 Å². The van der Waals surface area contributed by atoms with Crippen LogP contribution in [0.5, 0.6) is 0 Å². The highest BCUT2D eigenvalue weighted by molar-refractivity contribution is 4.99. The van der Waals surface area contributed by atoms with Gasteiger partial charge in [-0.25, -0.2) is 0 Å². The van der Waals surface area contributed by atoms with E-state index in [1.807, 2.05) is 0 Å². The predicted molar refractivity (Wildman–Crippen MR) is 47.6 cm³/mol. The molecule has 0 aliphatic carbocycles. The smallest absolute Gasteiger partial charge is 0.0169 e. The van der Waals surface area contributed by atoms with Gasteiger partial charge in [-0.2, -0.15) is 0 Å². The molecule has 2 aliphatic rings. The second-order valence-corrected chi connectivity index (χ2v) is 3.84. The van der Waals surface area contributed by atoms with Crippen molar-refractivity contribution in [2.24, 2.45) is 0 Å². The highest BCUT2D eigenvalue weighted by Gasteiger charge is 2.27. The third kappa shape index (κ3) is 1.34. The Bertz CT molecular complexity index is 162. The minimum Gasteiger partial charge on any atom is -0.294 e. The second-order valence-electron chi connectivity index (χ2n) is 3.84. The Balaban J connectivity index is 2.07. The van der Waals surface area contributed by atoms with E-state index in [1.165, 1.54) is 32.2 Å². The van der Waals surface area contributed by atoms with Gasteiger partial charge in [-0.3, -0.25) is 4.90 Å². The molecule has 0 aromatic rings. The van der Waals surface area contributed by atoms with Crippen molar-refractivity contribution in [2.45, 2.75) is 44.7 Å². The van der Waals surface area contributed by atoms with Gasteiger partial charge in [0.05, 0.1) is 0 Å². The van der Waals surface area contributed by atoms with E-state index in [-0.39, 0.29) is 0 Å². The van der Waals surface area contributed by atoms with Gasteiger partial charge in [0, 0.05) is 18.6 Å². The molecule has 0 aromatic heterocycles. The molecule has 1 nitrogen and oxygen atoms in total. The van der Waals surface area contributed by atoms with Crippen molar-refractivity contribution in [3.63, 3.8) is 0 Å². The summed E-state index contributed by atoms with van der Waals surface area (Å²) in [5, 5.41) is 0. The molecule has 2 unspecified atom stereocenters. The van der Waals surface area contributed by atoms with Crippen molar-refractivity contribution in [3.05, 3.63) is 12.2 Å². The van der Waals surface area contributed by atoms with Gasteiger partial charge in [0.1, 0.15) is 0 Å². The van der Waals surface area contributed by atoms with E-state index in [9.17, 15) is 0 Å². The third-order valence-electron chi connectivity index (χ3n) is 3.09. The summed E-state index contributed by atoms with van der Waals surface area (Å²) in [6.45, 7) is 3.57. The summed E-state index contributed by atoms with van der Waals surface area (Å²) in [5.74, 6) is 0. The first-order valence-electron chi connectivity index (χ1n) is 4.78. The minimum atomic E-state index is 0.832. The van der Waals surface area contributed by atoms with E-state index in [0.717, 1.165) is 12.1 Å². The molecular weight excluding hydrogens is 134 g/mol. The van der Waals surface area contributed by atoms with E-state index in [2.05, 4.69) is 24.0 Å². The summed E-state index contributed by atoms with van der Waals surface area (Å²) in [5.41, 5.74) is 0. The van der Waals surface area contributed by atoms with Gasteiger partial charge in [0.15, 0.2) is 0 Å². The zero-order valence-electron chi connectivity index (χ0n) is 7.29. The fraction of sp³-hybridized carbons (Fsp3) is 0.800. The van der Waals surface area contributed by atoms with Crippen LogP contribution in [0.15, 0.2) is 12.2 Å². The Kier molecular flexibility index (Phi) is 1.99. The normalized spacial score (nSPS) is 38.6. The Morgan fingerprint density at radius 3 is 3.00 bits per heavy atom. The average Bonchev–Trinajstić information content (AvgIpc) is 2.06. The third-order valence-corrected chi connectivity index (χ3v) is 3.09. The van der Waals surface area contributed by atoms with Crippen LogP contribution in [0.3, 0.4) is 0 Å². The van der Waals surface area contributed by atoms with Gasteiger partial charge >= 0.3 is 0 Å². The molecule has 2 heterocycles. The fourth-order valence-corrected chi connectivity index (χ4v) is 2.37. The number of nitrogens with zero attached hydrogens (tertiary/aromatic N) is 1. The summed E-state index contributed by atoms with van der Waals surface area (Å²) in [6, 6.07) is 1.71. The molecule has 2 rings (SSSR count). The summed E-state index contributed by atoms with van der Waals surface area (Å²) in [7, 11) is 0. The lowest BCUT2D eigenvalue weighted by molar-refractivity contribution is 0.102. The van der Waals surface area contributed by atoms with E-state index in [4.69, 9.17) is 0 Å². The molecule has 0 radical (unpaired) electrons. The molecule has 2 atom stereocenters. The van der Waals surface area contributed by atoms with E-state index < -0.39 is 0 Å². The van der Waals surface area contributed by atoms with E-state index >= 15 is 0 Å². The molecule has 1 fully saturated rings. The molecule has 0 amide bonds. The molecule has 1 saturated heterocycles. The summed E-state index contributed by atoms with van der Waals surface area (Å²) in [6.07, 6.45) is 10.2. The fourth-order valence-electron chi connectivity index (χ4n) is 2.37. The Morgan fingerprint density at radius 2 is 2.18 bits per heavy atom. The largest absolute Gasteiger partial charge is 0.294 e. The average molecular weight is 151 g/mol. The summed E-state index contributed by atoms with van der Waals surface area (Å²) < 4.78 is 0. The molecule has 0 aromatic carbocycles. The van der Waals surface area contributed by atoms with Gasteiger partial charge < -0.3 is 0 Å². The molecule has 11 heavy (non-hydrogen) atoms. The zero-order valence-corrected chi connectivity index (χ0v) is 7.29. The van der Waals surface area contributed by atoms with E-state index in [0.29, 0.717) is 0 Å². The van der Waals surface area contributed by atoms with Crippen molar-refractivity contribution in [3.8, 4) is 0 Å². The lowest BCUT2D eigenvalue weighted by Crippen LogP contribution is -2.46. The molecule has 0 spiro atoms. The Morgan fingerprint density at radius 1 is 1.27 bits per heavy atom. The van der Waals surface area contributed by atoms with Crippen LogP contribution in [0.25, 0.3) is 0 Å². The number of piperidine rings is 1. The zero-order chi connectivity index (χ0) is 7.68. The number of hydrogen-bond donors (Lipinski definition) is 0. The van der Waals surface area contributed by atoms with Crippen molar-refractivity contribution < 1.29 is 0 Å². The maximum Gasteiger partial charge on any atom is 0.0169 e. The standard InChI is InChI=1S/C10H17N/c1-9-5-4-7-10-6-2-3-8-11(9)10/h2-3,9-10H,4-8H2,1H3. The molecule has 0 N–H and O–H groups in total. The van der Waals surface area contributed by atoms with Gasteiger partial charge in [-0.05, 0) is 26.2 Å². The maximum atomic E-state index is 2.66. The monoisotopic (exact) mass is 151 g/mol. The Hall–Kier alpha value is -0.300. The lowest BCUT2D eigenvalue weighted by Gasteiger charge is -2.41. The molecule has 62 valence electrons. The van der Waals surface area contributed by atoms with Crippen molar-refractivity contribution in [1.29, 1.82) is 0 Å². The lowest BCUT2D eigenvalue weighted by atomic mass is 9.92. The van der Waals surface area contributed by atoms with Crippen LogP contribution in [0, 0.1) is 0 Å². The van der Waals surface area contributed by atoms with Crippen LogP contribution < -0.4 is 0 Å². The number of hydrogen-bond acceptors (Lipinski definition) is 1. The summed E-state index contributed by atoms with van der Waals surface area (Å²) in [4.78, 5) is 2.66. The van der Waals surface area contributed by atoms with Crippen LogP contribution in [-0.2, 0) is 0 Å². The van der Waals surface area contributed by atoms with Crippen LogP contribution in [-0.4, -0.2) is 23.5 Å². The number of fused-ring (bicyclic) bond motifs is 1. The molecule has 2 aliphatic heterocycles. The van der Waals surface area contributed by atoms with Crippen LogP contribution >= 0.6 is 0 Å². The van der Waals surface area contributed by atoms with Crippen molar-refractivity contribution in [2.75, 3.05) is 6.54 Å². The van der Waals surface area contributed by atoms with Gasteiger partial charge in [-0.1, -0.05) is 18.6 Å². The highest BCUT2D eigenvalue weighted by atomic mass is 15.2. The maximum absolute atomic E-state index is 2.66. The quantitative estimate of drug-likeness (QED) is 0.480. The van der Waals surface area contributed by atoms with Gasteiger partial charge in [0.2, 0.25) is 0 Å². The van der Waals surface area contributed by atoms with Gasteiger partial charge in [0.25, 0.3) is 0 Å². The van der Waals surface area contributed by atoms with Crippen molar-refractivity contribution in [1.82, 2.24) is 4.90 Å². The van der Waals surface area contributed by atoms with Crippen LogP contribution in [0.1, 0.15) is 32.6 Å². The second kappa shape index (κ2) is 2.98. The number of rotatable bonds is 0. The summed E-state index contributed by atoms with van der Waals surface area (Å²) >= 11 is 0. The SMILES string of the molecule is CC1CCCC2CC=CCN12. The topological polar surface area (TPSA) is 3.24 Å². The predicted octanol–water partition coefficient (Wildman–Crippen LogP) is 2.19. The molecular formula is C10H17N. The first-order valence-corrected chi connectivity index (χ1v) is 4.78. The van der Waals surface area contributed by atoms with E-state index in [1.54, 1.807) is 0 Å². The first-order chi connectivity index (χ1) is 5.38. The Labute approximate surface area is 69.1 Å². The molecule has 0 bridgehead atoms. The molecule has 1 heteroatoms.